The molecule has 0 bridgehead atoms. The number of aliphatic hydroxyl groups is 5. The van der Waals surface area contributed by atoms with Crippen molar-refractivity contribution < 1.29 is 40.4 Å². The molecule has 0 unspecified atom stereocenters. The molecule has 7 N–H and O–H groups in total. The summed E-state index contributed by atoms with van der Waals surface area (Å²) in [4.78, 5) is 9.90. The second-order valence-corrected chi connectivity index (χ2v) is 2.47. The van der Waals surface area contributed by atoms with Crippen molar-refractivity contribution in [1.29, 1.82) is 0 Å². The topological polar surface area (TPSA) is 159 Å². The lowest BCUT2D eigenvalue weighted by Crippen LogP contribution is -2.46. The van der Waals surface area contributed by atoms with E-state index in [0.29, 0.717) is 0 Å². The Morgan fingerprint density at radius 2 is 1.47 bits per heavy atom. The number of hydrogen-bond acceptors (Lipinski definition) is 8. The zero-order valence-corrected chi connectivity index (χ0v) is 7.71. The van der Waals surface area contributed by atoms with E-state index in [1.807, 2.05) is 0 Å². The first-order valence-electron chi connectivity index (χ1n) is 3.84. The second-order valence-electron chi connectivity index (χ2n) is 2.47. The molecule has 0 aliphatic heterocycles. The van der Waals surface area contributed by atoms with Crippen molar-refractivity contribution in [2.45, 2.75) is 24.4 Å². The molecule has 0 fully saturated rings. The predicted molar refractivity (Wildman–Crippen MR) is 47.4 cm³/mol. The third-order valence-electron chi connectivity index (χ3n) is 1.42. The summed E-state index contributed by atoms with van der Waals surface area (Å²) >= 11 is 0. The highest BCUT2D eigenvalue weighted by atomic mass is 16.4. The maximum Gasteiger partial charge on any atom is 0.482 e. The maximum atomic E-state index is 9.90. The summed E-state index contributed by atoms with van der Waals surface area (Å²) in [5, 5.41) is 57.5. The van der Waals surface area contributed by atoms with Crippen LogP contribution in [0.25, 0.3) is 0 Å². The molecule has 0 aliphatic rings. The van der Waals surface area contributed by atoms with Gasteiger partial charge in [0, 0.05) is 0 Å². The molecule has 0 amide bonds. The first-order chi connectivity index (χ1) is 6.95. The summed E-state index contributed by atoms with van der Waals surface area (Å²) in [6.07, 6.45) is -6.84. The van der Waals surface area contributed by atoms with Crippen molar-refractivity contribution in [3.63, 3.8) is 0 Å². The van der Waals surface area contributed by atoms with Crippen molar-refractivity contribution in [1.82, 2.24) is 0 Å². The molecular formula is C6H14BO8. The monoisotopic (exact) mass is 225 g/mol. The minimum Gasteiger partial charge on any atom is -0.429 e. The molecule has 4 atom stereocenters. The summed E-state index contributed by atoms with van der Waals surface area (Å²) in [5.41, 5.74) is 0. The van der Waals surface area contributed by atoms with Gasteiger partial charge in [0.15, 0.2) is 6.29 Å². The largest absolute Gasteiger partial charge is 0.482 e. The normalized spacial score (nSPS) is 17.8. The molecule has 0 aliphatic carbocycles. The van der Waals surface area contributed by atoms with Crippen molar-refractivity contribution >= 4 is 14.0 Å². The maximum absolute atomic E-state index is 9.90. The molecule has 8 nitrogen and oxygen atoms in total. The Balaban J connectivity index is 0. The minimum absolute atomic E-state index is 0. The average Bonchev–Trinajstić information content (AvgIpc) is 2.25. The quantitative estimate of drug-likeness (QED) is 0.181. The van der Waals surface area contributed by atoms with Crippen LogP contribution < -0.4 is 0 Å². The predicted octanol–water partition coefficient (Wildman–Crippen LogP) is -4.87. The van der Waals surface area contributed by atoms with Crippen LogP contribution in [0.3, 0.4) is 0 Å². The van der Waals surface area contributed by atoms with Gasteiger partial charge in [-0.15, -0.1) is 0 Å². The number of aliphatic hydroxyl groups excluding tert-OH is 5. The van der Waals surface area contributed by atoms with Crippen LogP contribution in [0, 0.1) is 0 Å². The minimum atomic E-state index is -1.79. The fourth-order valence-corrected chi connectivity index (χ4v) is 0.618. The van der Waals surface area contributed by atoms with E-state index in [1.54, 1.807) is 0 Å². The van der Waals surface area contributed by atoms with Crippen LogP contribution in [0.15, 0.2) is 0 Å². The lowest BCUT2D eigenvalue weighted by molar-refractivity contribution is -0.136. The molecule has 0 heterocycles. The van der Waals surface area contributed by atoms with Gasteiger partial charge in [0.1, 0.15) is 24.4 Å². The highest BCUT2D eigenvalue weighted by molar-refractivity contribution is 6.13. The van der Waals surface area contributed by atoms with Crippen molar-refractivity contribution in [2.75, 3.05) is 6.61 Å². The Bertz CT molecular complexity index is 156. The summed E-state index contributed by atoms with van der Waals surface area (Å²) in [7, 11) is 0. The van der Waals surface area contributed by atoms with Crippen molar-refractivity contribution in [3.8, 4) is 0 Å². The van der Waals surface area contributed by atoms with E-state index >= 15 is 0 Å². The van der Waals surface area contributed by atoms with Crippen LogP contribution in [0.1, 0.15) is 0 Å². The third-order valence-corrected chi connectivity index (χ3v) is 1.42. The number of carbonyl (C=O) groups excluding carboxylic acids is 1. The van der Waals surface area contributed by atoms with Crippen LogP contribution in [0.5, 0.6) is 0 Å². The number of rotatable bonds is 5. The van der Waals surface area contributed by atoms with Gasteiger partial charge < -0.3 is 40.4 Å². The molecule has 15 heavy (non-hydrogen) atoms. The zero-order valence-electron chi connectivity index (χ0n) is 7.71. The lowest BCUT2D eigenvalue weighted by Gasteiger charge is -2.22. The fourth-order valence-electron chi connectivity index (χ4n) is 0.618. The fraction of sp³-hybridized carbons (Fsp3) is 0.833. The zero-order chi connectivity index (χ0) is 12.4. The van der Waals surface area contributed by atoms with Crippen molar-refractivity contribution in [2.24, 2.45) is 0 Å². The molecule has 0 spiro atoms. The van der Waals surface area contributed by atoms with E-state index in [9.17, 15) is 4.79 Å². The SMILES string of the molecule is O=C[C@H](O)[C@@H](O)[C@H](O)[C@H](O)CO.O[B]O. The molecule has 0 aromatic rings. The second kappa shape index (κ2) is 9.99. The standard InChI is InChI=1S/C6H12O6.BH2O2/c7-1-3(9)5(11)6(12)4(10)2-8;2-1-3/h1,3-6,8-12H,2H2;2-3H/t3-,4+,5+,6+;/m0./s1. The Labute approximate surface area is 86.3 Å². The Morgan fingerprint density at radius 1 is 1.07 bits per heavy atom. The molecule has 9 heteroatoms. The van der Waals surface area contributed by atoms with Crippen LogP contribution >= 0.6 is 0 Å². The van der Waals surface area contributed by atoms with Crippen LogP contribution in [-0.4, -0.2) is 80.6 Å². The first kappa shape index (κ1) is 16.9. The molecule has 0 aromatic carbocycles. The van der Waals surface area contributed by atoms with Crippen LogP contribution in [0.4, 0.5) is 0 Å². The molecule has 89 valence electrons. The smallest absolute Gasteiger partial charge is 0.429 e. The summed E-state index contributed by atoms with van der Waals surface area (Å²) in [6, 6.07) is 0. The van der Waals surface area contributed by atoms with Gasteiger partial charge in [0.25, 0.3) is 0 Å². The Morgan fingerprint density at radius 3 is 1.73 bits per heavy atom. The van der Waals surface area contributed by atoms with Crippen LogP contribution in [-0.2, 0) is 4.79 Å². The van der Waals surface area contributed by atoms with Gasteiger partial charge in [-0.05, 0) is 0 Å². The van der Waals surface area contributed by atoms with Gasteiger partial charge in [-0.3, -0.25) is 0 Å². The summed E-state index contributed by atoms with van der Waals surface area (Å²) in [6.45, 7) is -0.760. The van der Waals surface area contributed by atoms with Gasteiger partial charge >= 0.3 is 7.69 Å². The lowest BCUT2D eigenvalue weighted by atomic mass is 10.0. The molecule has 0 aromatic heterocycles. The van der Waals surface area contributed by atoms with E-state index in [2.05, 4.69) is 0 Å². The van der Waals surface area contributed by atoms with Gasteiger partial charge in [0.05, 0.1) is 6.61 Å². The highest BCUT2D eigenvalue weighted by Crippen LogP contribution is 2.02. The van der Waals surface area contributed by atoms with E-state index in [1.165, 1.54) is 0 Å². The van der Waals surface area contributed by atoms with E-state index in [4.69, 9.17) is 35.6 Å². The van der Waals surface area contributed by atoms with Gasteiger partial charge in [-0.1, -0.05) is 0 Å². The molecule has 0 rings (SSSR count). The van der Waals surface area contributed by atoms with Gasteiger partial charge in [-0.2, -0.15) is 0 Å². The van der Waals surface area contributed by atoms with E-state index in [0.717, 1.165) is 0 Å². The van der Waals surface area contributed by atoms with Crippen LogP contribution in [0.2, 0.25) is 0 Å². The Hall–Kier alpha value is -0.545. The summed E-state index contributed by atoms with van der Waals surface area (Å²) < 4.78 is 0. The molecule has 0 saturated heterocycles. The molecular weight excluding hydrogens is 211 g/mol. The van der Waals surface area contributed by atoms with E-state index in [-0.39, 0.29) is 14.0 Å². The average molecular weight is 225 g/mol. The van der Waals surface area contributed by atoms with Gasteiger partial charge in [0.2, 0.25) is 0 Å². The molecule has 1 radical (unpaired) electrons. The Kier molecular flexibility index (Phi) is 11.2. The number of aldehydes is 1. The van der Waals surface area contributed by atoms with Crippen molar-refractivity contribution in [3.05, 3.63) is 0 Å². The number of hydrogen-bond donors (Lipinski definition) is 7. The third kappa shape index (κ3) is 7.39. The number of carbonyl (C=O) groups is 1. The van der Waals surface area contributed by atoms with E-state index < -0.39 is 31.0 Å². The first-order valence-corrected chi connectivity index (χ1v) is 3.84. The summed E-state index contributed by atoms with van der Waals surface area (Å²) in [5.74, 6) is 0. The molecule has 0 saturated carbocycles. The van der Waals surface area contributed by atoms with Gasteiger partial charge in [-0.25, -0.2) is 0 Å². The highest BCUT2D eigenvalue weighted by Gasteiger charge is 2.29.